The topological polar surface area (TPSA) is 46.5 Å². The molecule has 0 heterocycles. The molecule has 0 bridgehead atoms. The summed E-state index contributed by atoms with van der Waals surface area (Å²) in [6, 6.07) is 3.20. The lowest BCUT2D eigenvalue weighted by molar-refractivity contribution is -0.138. The van der Waals surface area contributed by atoms with Crippen LogP contribution in [0.3, 0.4) is 0 Å². The van der Waals surface area contributed by atoms with Gasteiger partial charge >= 0.3 is 12.1 Å². The molecule has 0 spiro atoms. The van der Waals surface area contributed by atoms with Crippen molar-refractivity contribution in [2.75, 3.05) is 7.11 Å². The minimum absolute atomic E-state index is 0.241. The Kier molecular flexibility index (Phi) is 5.81. The molecule has 1 rings (SSSR count). The number of allylic oxidation sites excluding steroid dienone is 1. The number of hydrogen-bond donors (Lipinski definition) is 1. The third-order valence-electron chi connectivity index (χ3n) is 2.92. The van der Waals surface area contributed by atoms with Gasteiger partial charge in [0.25, 0.3) is 0 Å². The molecule has 0 amide bonds. The first-order valence-electron chi connectivity index (χ1n) is 6.46. The fourth-order valence-corrected chi connectivity index (χ4v) is 1.96. The van der Waals surface area contributed by atoms with Crippen molar-refractivity contribution in [1.82, 2.24) is 0 Å². The fourth-order valence-electron chi connectivity index (χ4n) is 1.96. The summed E-state index contributed by atoms with van der Waals surface area (Å²) in [5, 5.41) is 8.73. The summed E-state index contributed by atoms with van der Waals surface area (Å²) in [4.78, 5) is 10.7. The van der Waals surface area contributed by atoms with Gasteiger partial charge in [0.05, 0.1) is 19.1 Å². The number of carboxylic acids is 1. The number of carbonyl (C=O) groups is 1. The van der Waals surface area contributed by atoms with E-state index in [1.807, 2.05) is 6.92 Å². The highest BCUT2D eigenvalue weighted by Crippen LogP contribution is 2.36. The average molecular weight is 302 g/mol. The number of methoxy groups -OCH3 is 1. The number of carboxylic acid groups (broad SMARTS) is 1. The first kappa shape index (κ1) is 17.1. The Balaban J connectivity index is 3.33. The van der Waals surface area contributed by atoms with Crippen LogP contribution < -0.4 is 4.74 Å². The molecule has 0 radical (unpaired) electrons. The van der Waals surface area contributed by atoms with Crippen LogP contribution in [-0.4, -0.2) is 18.2 Å². The van der Waals surface area contributed by atoms with Gasteiger partial charge in [-0.25, -0.2) is 0 Å². The van der Waals surface area contributed by atoms with Gasteiger partial charge in [-0.15, -0.1) is 0 Å². The van der Waals surface area contributed by atoms with Crippen molar-refractivity contribution in [1.29, 1.82) is 0 Å². The Morgan fingerprint density at radius 1 is 1.38 bits per heavy atom. The summed E-state index contributed by atoms with van der Waals surface area (Å²) in [6.07, 6.45) is -2.10. The van der Waals surface area contributed by atoms with Crippen LogP contribution in [-0.2, 0) is 11.0 Å². The summed E-state index contributed by atoms with van der Waals surface area (Å²) >= 11 is 0. The van der Waals surface area contributed by atoms with Crippen molar-refractivity contribution < 1.29 is 27.8 Å². The van der Waals surface area contributed by atoms with Crippen molar-refractivity contribution in [2.45, 2.75) is 32.4 Å². The summed E-state index contributed by atoms with van der Waals surface area (Å²) in [6.45, 7) is 1.87. The maximum Gasteiger partial charge on any atom is 0.416 e. The molecule has 0 aliphatic heterocycles. The Bertz CT molecular complexity index is 533. The Morgan fingerprint density at radius 2 is 2.05 bits per heavy atom. The quantitative estimate of drug-likeness (QED) is 0.848. The van der Waals surface area contributed by atoms with E-state index in [0.29, 0.717) is 24.2 Å². The summed E-state index contributed by atoms with van der Waals surface area (Å²) < 4.78 is 43.5. The molecule has 1 aromatic carbocycles. The molecule has 0 aliphatic carbocycles. The molecule has 1 aromatic rings. The van der Waals surface area contributed by atoms with Crippen LogP contribution in [0.1, 0.15) is 37.3 Å². The van der Waals surface area contributed by atoms with E-state index in [-0.39, 0.29) is 12.0 Å². The molecule has 0 aliphatic rings. The van der Waals surface area contributed by atoms with Gasteiger partial charge < -0.3 is 9.84 Å². The van der Waals surface area contributed by atoms with Crippen LogP contribution in [0.5, 0.6) is 5.75 Å². The fraction of sp³-hybridized carbons (Fsp3) is 0.400. The SMILES string of the molecule is CCC/C(=C\CC(=O)O)c1cc(C(F)(F)F)ccc1OC. The summed E-state index contributed by atoms with van der Waals surface area (Å²) in [5.74, 6) is -0.734. The molecule has 21 heavy (non-hydrogen) atoms. The number of benzene rings is 1. The highest BCUT2D eigenvalue weighted by molar-refractivity contribution is 5.76. The van der Waals surface area contributed by atoms with Gasteiger partial charge in [0.1, 0.15) is 5.75 Å². The van der Waals surface area contributed by atoms with Crippen molar-refractivity contribution >= 4 is 11.5 Å². The van der Waals surface area contributed by atoms with E-state index in [4.69, 9.17) is 9.84 Å². The van der Waals surface area contributed by atoms with Gasteiger partial charge in [0.15, 0.2) is 0 Å². The predicted octanol–water partition coefficient (Wildman–Crippen LogP) is 4.37. The molecule has 1 N–H and O–H groups in total. The lowest BCUT2D eigenvalue weighted by atomic mass is 9.97. The van der Waals surface area contributed by atoms with Gasteiger partial charge in [-0.3, -0.25) is 4.79 Å². The minimum atomic E-state index is -4.45. The van der Waals surface area contributed by atoms with E-state index in [9.17, 15) is 18.0 Å². The number of hydrogen-bond acceptors (Lipinski definition) is 2. The van der Waals surface area contributed by atoms with Crippen LogP contribution in [0.4, 0.5) is 13.2 Å². The summed E-state index contributed by atoms with van der Waals surface area (Å²) in [5.41, 5.74) is 0.0499. The molecule has 6 heteroatoms. The minimum Gasteiger partial charge on any atom is -0.496 e. The third-order valence-corrected chi connectivity index (χ3v) is 2.92. The Hall–Kier alpha value is -1.98. The third kappa shape index (κ3) is 4.81. The summed E-state index contributed by atoms with van der Waals surface area (Å²) in [7, 11) is 1.37. The molecule has 0 saturated carbocycles. The highest BCUT2D eigenvalue weighted by Gasteiger charge is 2.31. The van der Waals surface area contributed by atoms with Gasteiger partial charge in [0, 0.05) is 5.56 Å². The van der Waals surface area contributed by atoms with Gasteiger partial charge in [0.2, 0.25) is 0 Å². The van der Waals surface area contributed by atoms with Gasteiger partial charge in [-0.1, -0.05) is 19.4 Å². The first-order chi connectivity index (χ1) is 9.79. The van der Waals surface area contributed by atoms with E-state index in [0.717, 1.165) is 12.1 Å². The molecule has 0 unspecified atom stereocenters. The second-order valence-corrected chi connectivity index (χ2v) is 4.49. The van der Waals surface area contributed by atoms with Crippen LogP contribution in [0.2, 0.25) is 0 Å². The van der Waals surface area contributed by atoms with E-state index in [1.165, 1.54) is 19.3 Å². The zero-order valence-corrected chi connectivity index (χ0v) is 11.8. The average Bonchev–Trinajstić information content (AvgIpc) is 2.41. The molecule has 0 saturated heterocycles. The van der Waals surface area contributed by atoms with E-state index < -0.39 is 17.7 Å². The monoisotopic (exact) mass is 302 g/mol. The molecular weight excluding hydrogens is 285 g/mol. The van der Waals surface area contributed by atoms with Crippen LogP contribution >= 0.6 is 0 Å². The van der Waals surface area contributed by atoms with Crippen molar-refractivity contribution in [2.24, 2.45) is 0 Å². The molecule has 3 nitrogen and oxygen atoms in total. The van der Waals surface area contributed by atoms with E-state index >= 15 is 0 Å². The zero-order chi connectivity index (χ0) is 16.0. The molecular formula is C15H17F3O3. The molecule has 0 fully saturated rings. The second kappa shape index (κ2) is 7.15. The number of aliphatic carboxylic acids is 1. The molecule has 116 valence electrons. The largest absolute Gasteiger partial charge is 0.496 e. The first-order valence-corrected chi connectivity index (χ1v) is 6.46. The van der Waals surface area contributed by atoms with Crippen LogP contribution in [0.15, 0.2) is 24.3 Å². The number of ether oxygens (including phenoxy) is 1. The van der Waals surface area contributed by atoms with Gasteiger partial charge in [-0.2, -0.15) is 13.2 Å². The lowest BCUT2D eigenvalue weighted by Gasteiger charge is -2.15. The predicted molar refractivity (Wildman–Crippen MR) is 73.1 cm³/mol. The van der Waals surface area contributed by atoms with Crippen molar-refractivity contribution in [3.8, 4) is 5.75 Å². The van der Waals surface area contributed by atoms with Crippen LogP contribution in [0, 0.1) is 0 Å². The molecule has 0 aromatic heterocycles. The highest BCUT2D eigenvalue weighted by atomic mass is 19.4. The lowest BCUT2D eigenvalue weighted by Crippen LogP contribution is -2.06. The maximum atomic E-state index is 12.8. The van der Waals surface area contributed by atoms with Crippen LogP contribution in [0.25, 0.3) is 5.57 Å². The zero-order valence-electron chi connectivity index (χ0n) is 11.8. The Morgan fingerprint density at radius 3 is 2.52 bits per heavy atom. The second-order valence-electron chi connectivity index (χ2n) is 4.49. The molecule has 0 atom stereocenters. The van der Waals surface area contributed by atoms with Crippen molar-refractivity contribution in [3.05, 3.63) is 35.4 Å². The van der Waals surface area contributed by atoms with Crippen molar-refractivity contribution in [3.63, 3.8) is 0 Å². The van der Waals surface area contributed by atoms with Gasteiger partial charge in [-0.05, 0) is 30.2 Å². The Labute approximate surface area is 121 Å². The standard InChI is InChI=1S/C15H17F3O3/c1-3-4-10(5-8-14(19)20)12-9-11(15(16,17)18)6-7-13(12)21-2/h5-7,9H,3-4,8H2,1-2H3,(H,19,20)/b10-5+. The van der Waals surface area contributed by atoms with E-state index in [1.54, 1.807) is 0 Å². The smallest absolute Gasteiger partial charge is 0.416 e. The normalized spacial score (nSPS) is 12.3. The number of halogens is 3. The number of rotatable bonds is 6. The number of alkyl halides is 3. The van der Waals surface area contributed by atoms with E-state index in [2.05, 4.69) is 0 Å². The maximum absolute atomic E-state index is 12.8.